The molecule has 0 radical (unpaired) electrons. The predicted molar refractivity (Wildman–Crippen MR) is 69.5 cm³/mol. The summed E-state index contributed by atoms with van der Waals surface area (Å²) in [5.74, 6) is -1.16. The Morgan fingerprint density at radius 1 is 1.53 bits per heavy atom. The van der Waals surface area contributed by atoms with Crippen LogP contribution in [0, 0.1) is 10.1 Å². The number of carboxylic acids is 1. The fraction of sp³-hybridized carbons (Fsp3) is 0.417. The third-order valence-electron chi connectivity index (χ3n) is 2.77. The van der Waals surface area contributed by atoms with E-state index in [-0.39, 0.29) is 29.6 Å². The molecule has 1 aromatic carbocycles. The Labute approximate surface area is 110 Å². The number of nitrogens with zero attached hydrogens (tertiary/aromatic N) is 1. The van der Waals surface area contributed by atoms with Crippen LogP contribution < -0.4 is 5.32 Å². The fourth-order valence-corrected chi connectivity index (χ4v) is 1.71. The summed E-state index contributed by atoms with van der Waals surface area (Å²) in [7, 11) is 0. The number of hydrogen-bond donors (Lipinski definition) is 3. The van der Waals surface area contributed by atoms with Gasteiger partial charge in [0.25, 0.3) is 5.69 Å². The summed E-state index contributed by atoms with van der Waals surface area (Å²) in [6, 6.07) is 3.42. The molecule has 0 aliphatic carbocycles. The van der Waals surface area contributed by atoms with Crippen molar-refractivity contribution in [1.82, 2.24) is 0 Å². The van der Waals surface area contributed by atoms with Gasteiger partial charge in [-0.15, -0.1) is 0 Å². The minimum Gasteiger partial charge on any atom is -0.478 e. The van der Waals surface area contributed by atoms with Crippen molar-refractivity contribution in [3.8, 4) is 0 Å². The molecule has 0 bridgehead atoms. The molecular formula is C12H16N2O5. The highest BCUT2D eigenvalue weighted by atomic mass is 16.6. The van der Waals surface area contributed by atoms with Gasteiger partial charge in [0.1, 0.15) is 0 Å². The van der Waals surface area contributed by atoms with E-state index in [0.717, 1.165) is 6.07 Å². The zero-order chi connectivity index (χ0) is 14.4. The van der Waals surface area contributed by atoms with Gasteiger partial charge in [-0.05, 0) is 18.9 Å². The second kappa shape index (κ2) is 6.69. The molecule has 0 fully saturated rings. The third-order valence-corrected chi connectivity index (χ3v) is 2.77. The minimum atomic E-state index is -1.16. The number of aromatic carboxylic acids is 1. The van der Waals surface area contributed by atoms with Crippen molar-refractivity contribution in [3.05, 3.63) is 33.9 Å². The quantitative estimate of drug-likeness (QED) is 0.514. The van der Waals surface area contributed by atoms with E-state index in [2.05, 4.69) is 5.32 Å². The zero-order valence-electron chi connectivity index (χ0n) is 10.5. The topological polar surface area (TPSA) is 113 Å². The van der Waals surface area contributed by atoms with Crippen molar-refractivity contribution in [1.29, 1.82) is 0 Å². The van der Waals surface area contributed by atoms with Crippen LogP contribution in [0.3, 0.4) is 0 Å². The van der Waals surface area contributed by atoms with Crippen molar-refractivity contribution < 1.29 is 19.9 Å². The van der Waals surface area contributed by atoms with Gasteiger partial charge in [0.2, 0.25) is 0 Å². The molecule has 0 amide bonds. The van der Waals surface area contributed by atoms with Gasteiger partial charge >= 0.3 is 5.97 Å². The molecule has 0 saturated carbocycles. The minimum absolute atomic E-state index is 0.0259. The largest absolute Gasteiger partial charge is 0.478 e. The standard InChI is InChI=1S/C12H16N2O5/c1-2-8(5-6-15)13-11-7-9(14(18)19)3-4-10(11)12(16)17/h3-4,7-8,13,15H,2,5-6H2,1H3,(H,16,17). The van der Waals surface area contributed by atoms with E-state index in [9.17, 15) is 14.9 Å². The molecule has 1 rings (SSSR count). The molecule has 19 heavy (non-hydrogen) atoms. The Bertz CT molecular complexity index is 475. The van der Waals surface area contributed by atoms with Gasteiger partial charge in [-0.1, -0.05) is 6.92 Å². The normalized spacial score (nSPS) is 11.9. The van der Waals surface area contributed by atoms with Crippen LogP contribution in [0.15, 0.2) is 18.2 Å². The third kappa shape index (κ3) is 3.92. The van der Waals surface area contributed by atoms with Gasteiger partial charge in [0.05, 0.1) is 16.2 Å². The van der Waals surface area contributed by atoms with Crippen molar-refractivity contribution in [3.63, 3.8) is 0 Å². The number of nitro benzene ring substituents is 1. The van der Waals surface area contributed by atoms with Crippen LogP contribution in [-0.4, -0.2) is 33.8 Å². The van der Waals surface area contributed by atoms with Gasteiger partial charge in [-0.2, -0.15) is 0 Å². The van der Waals surface area contributed by atoms with E-state index in [4.69, 9.17) is 10.2 Å². The lowest BCUT2D eigenvalue weighted by molar-refractivity contribution is -0.384. The molecule has 1 aromatic rings. The summed E-state index contributed by atoms with van der Waals surface area (Å²) < 4.78 is 0. The van der Waals surface area contributed by atoms with Gasteiger partial charge in [-0.25, -0.2) is 4.79 Å². The molecule has 0 heterocycles. The first-order valence-electron chi connectivity index (χ1n) is 5.88. The number of anilines is 1. The summed E-state index contributed by atoms with van der Waals surface area (Å²) in [5.41, 5.74) is -0.00431. The molecule has 0 spiro atoms. The molecule has 7 heteroatoms. The highest BCUT2D eigenvalue weighted by molar-refractivity contribution is 5.94. The Morgan fingerprint density at radius 3 is 2.68 bits per heavy atom. The highest BCUT2D eigenvalue weighted by Crippen LogP contribution is 2.24. The molecule has 104 valence electrons. The molecule has 0 aliphatic heterocycles. The number of rotatable bonds is 7. The molecular weight excluding hydrogens is 252 g/mol. The number of carboxylic acid groups (broad SMARTS) is 1. The maximum atomic E-state index is 11.1. The van der Waals surface area contributed by atoms with E-state index in [1.165, 1.54) is 12.1 Å². The van der Waals surface area contributed by atoms with Crippen LogP contribution in [0.1, 0.15) is 30.1 Å². The van der Waals surface area contributed by atoms with Gasteiger partial charge < -0.3 is 15.5 Å². The molecule has 3 N–H and O–H groups in total. The summed E-state index contributed by atoms with van der Waals surface area (Å²) in [6.45, 7) is 1.84. The number of non-ortho nitro benzene ring substituents is 1. The van der Waals surface area contributed by atoms with Crippen molar-refractivity contribution >= 4 is 17.3 Å². The first kappa shape index (κ1) is 14.9. The first-order chi connectivity index (χ1) is 8.99. The predicted octanol–water partition coefficient (Wildman–Crippen LogP) is 1.87. The second-order valence-electron chi connectivity index (χ2n) is 4.05. The lowest BCUT2D eigenvalue weighted by atomic mass is 10.1. The van der Waals surface area contributed by atoms with Crippen LogP contribution >= 0.6 is 0 Å². The summed E-state index contributed by atoms with van der Waals surface area (Å²) in [6.07, 6.45) is 1.11. The van der Waals surface area contributed by atoms with E-state index in [0.29, 0.717) is 12.8 Å². The molecule has 1 atom stereocenters. The average Bonchev–Trinajstić information content (AvgIpc) is 2.37. The molecule has 0 aliphatic rings. The molecule has 1 unspecified atom stereocenters. The summed E-state index contributed by atoms with van der Waals surface area (Å²) in [4.78, 5) is 21.2. The van der Waals surface area contributed by atoms with E-state index in [1.54, 1.807) is 0 Å². The molecule has 0 aromatic heterocycles. The number of nitrogens with one attached hydrogen (secondary N) is 1. The van der Waals surface area contributed by atoms with Crippen LogP contribution in [-0.2, 0) is 0 Å². The van der Waals surface area contributed by atoms with Crippen molar-refractivity contribution in [2.75, 3.05) is 11.9 Å². The number of benzene rings is 1. The number of aliphatic hydroxyl groups is 1. The number of hydrogen-bond acceptors (Lipinski definition) is 5. The van der Waals surface area contributed by atoms with Gasteiger partial charge in [-0.3, -0.25) is 10.1 Å². The van der Waals surface area contributed by atoms with Gasteiger partial charge in [0, 0.05) is 24.8 Å². The Kier molecular flexibility index (Phi) is 5.25. The zero-order valence-corrected chi connectivity index (χ0v) is 10.5. The second-order valence-corrected chi connectivity index (χ2v) is 4.05. The monoisotopic (exact) mass is 268 g/mol. The van der Waals surface area contributed by atoms with Crippen molar-refractivity contribution in [2.24, 2.45) is 0 Å². The number of carbonyl (C=O) groups is 1. The smallest absolute Gasteiger partial charge is 0.337 e. The molecule has 7 nitrogen and oxygen atoms in total. The fourth-order valence-electron chi connectivity index (χ4n) is 1.71. The highest BCUT2D eigenvalue weighted by Gasteiger charge is 2.17. The Hall–Kier alpha value is -2.15. The summed E-state index contributed by atoms with van der Waals surface area (Å²) in [5, 5.41) is 31.6. The van der Waals surface area contributed by atoms with Crippen molar-refractivity contribution in [2.45, 2.75) is 25.8 Å². The van der Waals surface area contributed by atoms with Crippen LogP contribution in [0.4, 0.5) is 11.4 Å². The van der Waals surface area contributed by atoms with Crippen LogP contribution in [0.25, 0.3) is 0 Å². The first-order valence-corrected chi connectivity index (χ1v) is 5.88. The van der Waals surface area contributed by atoms with Crippen LogP contribution in [0.2, 0.25) is 0 Å². The van der Waals surface area contributed by atoms with E-state index >= 15 is 0 Å². The van der Waals surface area contributed by atoms with Crippen LogP contribution in [0.5, 0.6) is 0 Å². The SMILES string of the molecule is CCC(CCO)Nc1cc([N+](=O)[O-])ccc1C(=O)O. The maximum Gasteiger partial charge on any atom is 0.337 e. The van der Waals surface area contributed by atoms with E-state index < -0.39 is 10.9 Å². The lowest BCUT2D eigenvalue weighted by Gasteiger charge is -2.18. The lowest BCUT2D eigenvalue weighted by Crippen LogP contribution is -2.21. The number of nitro groups is 1. The summed E-state index contributed by atoms with van der Waals surface area (Å²) >= 11 is 0. The maximum absolute atomic E-state index is 11.1. The Balaban J connectivity index is 3.09. The number of aliphatic hydroxyl groups excluding tert-OH is 1. The molecule has 0 saturated heterocycles. The van der Waals surface area contributed by atoms with Gasteiger partial charge in [0.15, 0.2) is 0 Å². The Morgan fingerprint density at radius 2 is 2.21 bits per heavy atom. The average molecular weight is 268 g/mol. The van der Waals surface area contributed by atoms with E-state index in [1.807, 2.05) is 6.92 Å².